The van der Waals surface area contributed by atoms with E-state index in [9.17, 15) is 26.4 Å². The van der Waals surface area contributed by atoms with Gasteiger partial charge in [0.2, 0.25) is 15.9 Å². The summed E-state index contributed by atoms with van der Waals surface area (Å²) in [7, 11) is -4.35. The van der Waals surface area contributed by atoms with Gasteiger partial charge >= 0.3 is 6.18 Å². The number of piperidine rings is 1. The molecule has 34 heavy (non-hydrogen) atoms. The fraction of sp³-hybridized carbons (Fsp3) is 0.391. The minimum Gasteiger partial charge on any atom is -0.440 e. The number of benzene rings is 2. The number of oxazole rings is 1. The van der Waals surface area contributed by atoms with Gasteiger partial charge in [-0.15, -0.1) is 0 Å². The number of amides is 1. The third-order valence-corrected chi connectivity index (χ3v) is 7.76. The summed E-state index contributed by atoms with van der Waals surface area (Å²) < 4.78 is 72.4. The molecular weight excluding hydrogens is 471 g/mol. The molecule has 2 aromatic carbocycles. The summed E-state index contributed by atoms with van der Waals surface area (Å²) in [4.78, 5) is 16.4. The van der Waals surface area contributed by atoms with Gasteiger partial charge in [0.1, 0.15) is 5.52 Å². The van der Waals surface area contributed by atoms with E-state index in [1.165, 1.54) is 6.07 Å². The third kappa shape index (κ3) is 4.80. The van der Waals surface area contributed by atoms with Crippen LogP contribution in [-0.2, 0) is 21.0 Å². The lowest BCUT2D eigenvalue weighted by atomic mass is 9.97. The lowest BCUT2D eigenvalue weighted by Crippen LogP contribution is -2.41. The minimum absolute atomic E-state index is 0.0489. The maximum atomic E-state index is 13.3. The van der Waals surface area contributed by atoms with E-state index in [1.807, 2.05) is 13.8 Å². The molecule has 0 aliphatic carbocycles. The first-order valence-electron chi connectivity index (χ1n) is 10.8. The van der Waals surface area contributed by atoms with Crippen LogP contribution in [0.2, 0.25) is 0 Å². The van der Waals surface area contributed by atoms with Crippen molar-refractivity contribution in [3.05, 3.63) is 53.9 Å². The van der Waals surface area contributed by atoms with Crippen LogP contribution in [0.4, 0.5) is 18.9 Å². The highest BCUT2D eigenvalue weighted by atomic mass is 32.2. The van der Waals surface area contributed by atoms with E-state index in [4.69, 9.17) is 4.42 Å². The number of fused-ring (bicyclic) bond motifs is 1. The zero-order chi connectivity index (χ0) is 24.7. The van der Waals surface area contributed by atoms with E-state index < -0.39 is 32.6 Å². The molecule has 1 fully saturated rings. The summed E-state index contributed by atoms with van der Waals surface area (Å²) in [5, 5.41) is 2.82. The highest BCUT2D eigenvalue weighted by molar-refractivity contribution is 7.89. The summed E-state index contributed by atoms with van der Waals surface area (Å²) in [5.74, 6) is -0.0302. The Labute approximate surface area is 195 Å². The number of alkyl halides is 3. The SMILES string of the molecule is CC(C)c1nc2cc(NC(=O)C3CCN(S(=O)(=O)c4ccccc4C(F)(F)F)CC3)ccc2o1. The molecule has 7 nitrogen and oxygen atoms in total. The number of anilines is 1. The molecule has 182 valence electrons. The first kappa shape index (κ1) is 24.2. The Morgan fingerprint density at radius 2 is 1.82 bits per heavy atom. The molecule has 1 aliphatic rings. The monoisotopic (exact) mass is 495 g/mol. The maximum Gasteiger partial charge on any atom is 0.417 e. The fourth-order valence-corrected chi connectivity index (χ4v) is 5.62. The highest BCUT2D eigenvalue weighted by Crippen LogP contribution is 2.36. The molecule has 1 aliphatic heterocycles. The zero-order valence-corrected chi connectivity index (χ0v) is 19.4. The van der Waals surface area contributed by atoms with E-state index >= 15 is 0 Å². The molecule has 11 heteroatoms. The molecule has 0 saturated carbocycles. The number of carbonyl (C=O) groups excluding carboxylic acids is 1. The summed E-state index contributed by atoms with van der Waals surface area (Å²) >= 11 is 0. The number of hydrogen-bond donors (Lipinski definition) is 1. The standard InChI is InChI=1S/C23H24F3N3O4S/c1-14(2)22-28-18-13-16(7-8-19(18)33-22)27-21(30)15-9-11-29(12-10-15)34(31,32)20-6-4-3-5-17(20)23(24,25)26/h3-8,13-15H,9-12H2,1-2H3,(H,27,30). The Balaban J connectivity index is 1.43. The van der Waals surface area contributed by atoms with E-state index in [0.717, 1.165) is 22.5 Å². The van der Waals surface area contributed by atoms with Gasteiger partial charge in [0.15, 0.2) is 11.5 Å². The number of halogens is 3. The molecule has 3 aromatic rings. The van der Waals surface area contributed by atoms with Gasteiger partial charge < -0.3 is 9.73 Å². The topological polar surface area (TPSA) is 92.5 Å². The molecule has 0 radical (unpaired) electrons. The summed E-state index contributed by atoms with van der Waals surface area (Å²) in [6.07, 6.45) is -4.39. The second-order valence-electron chi connectivity index (χ2n) is 8.55. The van der Waals surface area contributed by atoms with Crippen molar-refractivity contribution in [3.8, 4) is 0 Å². The fourth-order valence-electron chi connectivity index (χ4n) is 3.94. The van der Waals surface area contributed by atoms with Crippen LogP contribution in [0.1, 0.15) is 44.1 Å². The van der Waals surface area contributed by atoms with E-state index in [0.29, 0.717) is 22.7 Å². The van der Waals surface area contributed by atoms with Crippen LogP contribution < -0.4 is 5.32 Å². The van der Waals surface area contributed by atoms with Crippen molar-refractivity contribution in [2.24, 2.45) is 5.92 Å². The Morgan fingerprint density at radius 1 is 1.15 bits per heavy atom. The summed E-state index contributed by atoms with van der Waals surface area (Å²) in [6.45, 7) is 3.82. The van der Waals surface area contributed by atoms with Gasteiger partial charge in [0.05, 0.1) is 10.5 Å². The van der Waals surface area contributed by atoms with Crippen molar-refractivity contribution in [2.75, 3.05) is 18.4 Å². The normalized spacial score (nSPS) is 16.3. The second-order valence-corrected chi connectivity index (χ2v) is 10.5. The lowest BCUT2D eigenvalue weighted by Gasteiger charge is -2.31. The van der Waals surface area contributed by atoms with Gasteiger partial charge in [-0.25, -0.2) is 13.4 Å². The molecule has 0 spiro atoms. The number of carbonyl (C=O) groups is 1. The van der Waals surface area contributed by atoms with Crippen molar-refractivity contribution in [1.82, 2.24) is 9.29 Å². The number of sulfonamides is 1. The van der Waals surface area contributed by atoms with Crippen molar-refractivity contribution in [3.63, 3.8) is 0 Å². The molecule has 0 unspecified atom stereocenters. The largest absolute Gasteiger partial charge is 0.440 e. The Morgan fingerprint density at radius 3 is 2.47 bits per heavy atom. The van der Waals surface area contributed by atoms with Crippen LogP contribution in [0.15, 0.2) is 51.8 Å². The van der Waals surface area contributed by atoms with Crippen LogP contribution in [0.25, 0.3) is 11.1 Å². The maximum absolute atomic E-state index is 13.3. The first-order chi connectivity index (χ1) is 16.0. The van der Waals surface area contributed by atoms with Crippen LogP contribution in [0.3, 0.4) is 0 Å². The van der Waals surface area contributed by atoms with E-state index in [2.05, 4.69) is 10.3 Å². The first-order valence-corrected chi connectivity index (χ1v) is 12.3. The zero-order valence-electron chi connectivity index (χ0n) is 18.6. The van der Waals surface area contributed by atoms with Gasteiger partial charge in [-0.3, -0.25) is 4.79 Å². The van der Waals surface area contributed by atoms with Gasteiger partial charge in [0.25, 0.3) is 0 Å². The van der Waals surface area contributed by atoms with E-state index in [-0.39, 0.29) is 37.8 Å². The summed E-state index contributed by atoms with van der Waals surface area (Å²) in [5.41, 5.74) is 0.569. The number of nitrogens with zero attached hydrogens (tertiary/aromatic N) is 2. The number of hydrogen-bond acceptors (Lipinski definition) is 5. The highest BCUT2D eigenvalue weighted by Gasteiger charge is 2.40. The average Bonchev–Trinajstić information content (AvgIpc) is 3.22. The van der Waals surface area contributed by atoms with Crippen LogP contribution in [0, 0.1) is 5.92 Å². The van der Waals surface area contributed by atoms with Crippen molar-refractivity contribution in [1.29, 1.82) is 0 Å². The Bertz CT molecular complexity index is 1310. The molecule has 1 saturated heterocycles. The van der Waals surface area contributed by atoms with E-state index in [1.54, 1.807) is 18.2 Å². The molecule has 0 atom stereocenters. The molecule has 2 heterocycles. The smallest absolute Gasteiger partial charge is 0.417 e. The van der Waals surface area contributed by atoms with Gasteiger partial charge in [-0.2, -0.15) is 17.5 Å². The lowest BCUT2D eigenvalue weighted by molar-refractivity contribution is -0.139. The van der Waals surface area contributed by atoms with Gasteiger partial charge in [0, 0.05) is 30.6 Å². The number of nitrogens with one attached hydrogen (secondary N) is 1. The average molecular weight is 496 g/mol. The quantitative estimate of drug-likeness (QED) is 0.537. The van der Waals surface area contributed by atoms with Crippen LogP contribution in [0.5, 0.6) is 0 Å². The third-order valence-electron chi connectivity index (χ3n) is 5.80. The van der Waals surface area contributed by atoms with Gasteiger partial charge in [-0.1, -0.05) is 26.0 Å². The Hall–Kier alpha value is -2.92. The van der Waals surface area contributed by atoms with Crippen LogP contribution in [-0.4, -0.2) is 36.7 Å². The second kappa shape index (κ2) is 9.03. The minimum atomic E-state index is -4.79. The predicted octanol–water partition coefficient (Wildman–Crippen LogP) is 5.01. The van der Waals surface area contributed by atoms with Gasteiger partial charge in [-0.05, 0) is 43.2 Å². The molecule has 1 amide bonds. The molecular formula is C23H24F3N3O4S. The van der Waals surface area contributed by atoms with Crippen LogP contribution >= 0.6 is 0 Å². The molecule has 1 N–H and O–H groups in total. The molecule has 4 rings (SSSR count). The Kier molecular flexibility index (Phi) is 6.43. The predicted molar refractivity (Wildman–Crippen MR) is 120 cm³/mol. The summed E-state index contributed by atoms with van der Waals surface area (Å²) in [6, 6.07) is 9.25. The molecule has 0 bridgehead atoms. The number of rotatable bonds is 5. The molecule has 1 aromatic heterocycles. The number of aromatic nitrogens is 1. The van der Waals surface area contributed by atoms with Crippen molar-refractivity contribution >= 4 is 32.7 Å². The van der Waals surface area contributed by atoms with Crippen molar-refractivity contribution < 1.29 is 30.8 Å². The van der Waals surface area contributed by atoms with Crippen molar-refractivity contribution in [2.45, 2.75) is 43.7 Å².